The third-order valence-electron chi connectivity index (χ3n) is 4.36. The highest BCUT2D eigenvalue weighted by molar-refractivity contribution is 7.14. The van der Waals surface area contributed by atoms with Crippen LogP contribution in [-0.4, -0.2) is 35.4 Å². The fourth-order valence-electron chi connectivity index (χ4n) is 3.04. The number of nitrogens with one attached hydrogen (secondary N) is 1. The van der Waals surface area contributed by atoms with Gasteiger partial charge in [0.1, 0.15) is 0 Å². The first-order valence-corrected chi connectivity index (χ1v) is 10.0. The number of piperidine rings is 1. The number of anilines is 1. The van der Waals surface area contributed by atoms with E-state index in [2.05, 4.69) is 21.3 Å². The minimum atomic E-state index is -0.0751. The van der Waals surface area contributed by atoms with Gasteiger partial charge in [-0.2, -0.15) is 5.26 Å². The SMILES string of the molecule is N#CCCN1CCCC(C(=O)Nc2nc(-c3ccc(Cl)cc3Cl)cs2)C1. The largest absolute Gasteiger partial charge is 0.302 e. The van der Waals surface area contributed by atoms with Crippen molar-refractivity contribution in [1.29, 1.82) is 5.26 Å². The van der Waals surface area contributed by atoms with Gasteiger partial charge in [0.15, 0.2) is 5.13 Å². The lowest BCUT2D eigenvalue weighted by Gasteiger charge is -2.31. The molecule has 1 N–H and O–H groups in total. The number of likely N-dealkylation sites (tertiary alicyclic amines) is 1. The summed E-state index contributed by atoms with van der Waals surface area (Å²) >= 11 is 13.5. The predicted molar refractivity (Wildman–Crippen MR) is 106 cm³/mol. The van der Waals surface area contributed by atoms with Gasteiger partial charge in [0.25, 0.3) is 0 Å². The van der Waals surface area contributed by atoms with Crippen LogP contribution in [0.1, 0.15) is 19.3 Å². The monoisotopic (exact) mass is 408 g/mol. The van der Waals surface area contributed by atoms with Gasteiger partial charge in [-0.25, -0.2) is 4.98 Å². The minimum Gasteiger partial charge on any atom is -0.302 e. The number of hydrogen-bond donors (Lipinski definition) is 1. The number of rotatable bonds is 5. The Morgan fingerprint density at radius 3 is 3.08 bits per heavy atom. The molecule has 5 nitrogen and oxygen atoms in total. The van der Waals surface area contributed by atoms with Crippen molar-refractivity contribution >= 4 is 45.6 Å². The van der Waals surface area contributed by atoms with E-state index in [1.165, 1.54) is 11.3 Å². The van der Waals surface area contributed by atoms with E-state index in [1.54, 1.807) is 12.1 Å². The Morgan fingerprint density at radius 2 is 2.31 bits per heavy atom. The summed E-state index contributed by atoms with van der Waals surface area (Å²) in [6.45, 7) is 2.35. The molecule has 1 aromatic heterocycles. The number of carbonyl (C=O) groups is 1. The van der Waals surface area contributed by atoms with Crippen LogP contribution in [-0.2, 0) is 4.79 Å². The molecular weight excluding hydrogens is 391 g/mol. The first-order valence-electron chi connectivity index (χ1n) is 8.38. The van der Waals surface area contributed by atoms with Crippen LogP contribution in [0.15, 0.2) is 23.6 Å². The van der Waals surface area contributed by atoms with Gasteiger partial charge in [-0.3, -0.25) is 4.79 Å². The van der Waals surface area contributed by atoms with Crippen LogP contribution in [0.2, 0.25) is 10.0 Å². The van der Waals surface area contributed by atoms with Crippen LogP contribution in [0.3, 0.4) is 0 Å². The van der Waals surface area contributed by atoms with Crippen molar-refractivity contribution in [3.05, 3.63) is 33.6 Å². The van der Waals surface area contributed by atoms with Crippen LogP contribution < -0.4 is 5.32 Å². The van der Waals surface area contributed by atoms with Crippen molar-refractivity contribution in [3.8, 4) is 17.3 Å². The summed E-state index contributed by atoms with van der Waals surface area (Å²) in [6, 6.07) is 7.41. The number of thiazole rings is 1. The van der Waals surface area contributed by atoms with Crippen LogP contribution in [0.5, 0.6) is 0 Å². The zero-order chi connectivity index (χ0) is 18.5. The highest BCUT2D eigenvalue weighted by Gasteiger charge is 2.26. The van der Waals surface area contributed by atoms with Crippen LogP contribution in [0.4, 0.5) is 5.13 Å². The molecular formula is C18H18Cl2N4OS. The maximum atomic E-state index is 12.6. The van der Waals surface area contributed by atoms with Gasteiger partial charge in [-0.1, -0.05) is 23.2 Å². The minimum absolute atomic E-state index is 0.0187. The number of carbonyl (C=O) groups excluding carboxylic acids is 1. The molecule has 0 bridgehead atoms. The van der Waals surface area contributed by atoms with E-state index < -0.39 is 0 Å². The second-order valence-corrected chi connectivity index (χ2v) is 7.90. The first kappa shape index (κ1) is 19.1. The molecule has 1 aromatic carbocycles. The highest BCUT2D eigenvalue weighted by atomic mass is 35.5. The number of aromatic nitrogens is 1. The topological polar surface area (TPSA) is 69.0 Å². The van der Waals surface area contributed by atoms with E-state index in [1.807, 2.05) is 11.4 Å². The molecule has 8 heteroatoms. The van der Waals surface area contributed by atoms with Gasteiger partial charge in [-0.05, 0) is 37.6 Å². The molecule has 1 atom stereocenters. The van der Waals surface area contributed by atoms with Gasteiger partial charge < -0.3 is 10.2 Å². The quantitative estimate of drug-likeness (QED) is 0.779. The average molecular weight is 409 g/mol. The molecule has 1 aliphatic rings. The Balaban J connectivity index is 1.63. The fraction of sp³-hybridized carbons (Fsp3) is 0.389. The summed E-state index contributed by atoms with van der Waals surface area (Å²) in [6.07, 6.45) is 2.31. The average Bonchev–Trinajstić information content (AvgIpc) is 3.08. The van der Waals surface area contributed by atoms with E-state index in [4.69, 9.17) is 28.5 Å². The van der Waals surface area contributed by atoms with Crippen molar-refractivity contribution < 1.29 is 4.79 Å². The Morgan fingerprint density at radius 1 is 1.46 bits per heavy atom. The van der Waals surface area contributed by atoms with E-state index >= 15 is 0 Å². The van der Waals surface area contributed by atoms with Crippen molar-refractivity contribution in [2.24, 2.45) is 5.92 Å². The molecule has 2 heterocycles. The van der Waals surface area contributed by atoms with Crippen LogP contribution in [0.25, 0.3) is 11.3 Å². The van der Waals surface area contributed by atoms with Crippen LogP contribution in [0, 0.1) is 17.2 Å². The van der Waals surface area contributed by atoms with E-state index in [0.717, 1.165) is 31.5 Å². The summed E-state index contributed by atoms with van der Waals surface area (Å²) in [5.41, 5.74) is 1.50. The van der Waals surface area contributed by atoms with Crippen molar-refractivity contribution in [3.63, 3.8) is 0 Å². The fourth-order valence-corrected chi connectivity index (χ4v) is 4.26. The number of nitriles is 1. The molecule has 1 aliphatic heterocycles. The van der Waals surface area contributed by atoms with E-state index in [0.29, 0.717) is 33.8 Å². The standard InChI is InChI=1S/C18H18Cl2N4OS/c19-13-4-5-14(15(20)9-13)16-11-26-18(22-16)23-17(25)12-3-1-7-24(10-12)8-2-6-21/h4-5,9,11-12H,1-3,7-8,10H2,(H,22,23,25). The van der Waals surface area contributed by atoms with E-state index in [-0.39, 0.29) is 11.8 Å². The zero-order valence-corrected chi connectivity index (χ0v) is 16.4. The molecule has 1 saturated heterocycles. The first-order chi connectivity index (χ1) is 12.6. The number of halogens is 2. The van der Waals surface area contributed by atoms with Gasteiger partial charge in [0.05, 0.1) is 22.7 Å². The maximum Gasteiger partial charge on any atom is 0.230 e. The van der Waals surface area contributed by atoms with Crippen LogP contribution >= 0.6 is 34.5 Å². The molecule has 26 heavy (non-hydrogen) atoms. The normalized spacial score (nSPS) is 17.7. The molecule has 1 fully saturated rings. The summed E-state index contributed by atoms with van der Waals surface area (Å²) in [5, 5.41) is 15.2. The number of hydrogen-bond acceptors (Lipinski definition) is 5. The summed E-state index contributed by atoms with van der Waals surface area (Å²) in [4.78, 5) is 19.2. The molecule has 2 aromatic rings. The van der Waals surface area contributed by atoms with Crippen molar-refractivity contribution in [1.82, 2.24) is 9.88 Å². The summed E-state index contributed by atoms with van der Waals surface area (Å²) in [5.74, 6) is -0.0938. The lowest BCUT2D eigenvalue weighted by Crippen LogP contribution is -2.41. The second kappa shape index (κ2) is 8.83. The molecule has 1 unspecified atom stereocenters. The van der Waals surface area contributed by atoms with Crippen molar-refractivity contribution in [2.75, 3.05) is 25.0 Å². The molecule has 0 spiro atoms. The maximum absolute atomic E-state index is 12.6. The predicted octanol–water partition coefficient (Wildman–Crippen LogP) is 4.68. The lowest BCUT2D eigenvalue weighted by atomic mass is 9.97. The smallest absolute Gasteiger partial charge is 0.230 e. The zero-order valence-electron chi connectivity index (χ0n) is 14.0. The molecule has 0 aliphatic carbocycles. The Labute approximate surface area is 166 Å². The lowest BCUT2D eigenvalue weighted by molar-refractivity contribution is -0.121. The summed E-state index contributed by atoms with van der Waals surface area (Å²) in [7, 11) is 0. The molecule has 136 valence electrons. The Kier molecular flexibility index (Phi) is 6.49. The third kappa shape index (κ3) is 4.74. The van der Waals surface area contributed by atoms with Gasteiger partial charge in [0.2, 0.25) is 5.91 Å². The highest BCUT2D eigenvalue weighted by Crippen LogP contribution is 2.32. The second-order valence-electron chi connectivity index (χ2n) is 6.20. The third-order valence-corrected chi connectivity index (χ3v) is 5.66. The van der Waals surface area contributed by atoms with Crippen molar-refractivity contribution in [2.45, 2.75) is 19.3 Å². The molecule has 0 radical (unpaired) electrons. The number of benzene rings is 1. The van der Waals surface area contributed by atoms with Gasteiger partial charge in [0, 0.05) is 35.5 Å². The number of nitrogens with zero attached hydrogens (tertiary/aromatic N) is 3. The van der Waals surface area contributed by atoms with Gasteiger partial charge >= 0.3 is 0 Å². The van der Waals surface area contributed by atoms with Gasteiger partial charge in [-0.15, -0.1) is 11.3 Å². The molecule has 3 rings (SSSR count). The Hall–Kier alpha value is -1.65. The van der Waals surface area contributed by atoms with E-state index in [9.17, 15) is 4.79 Å². The number of amides is 1. The molecule has 0 saturated carbocycles. The summed E-state index contributed by atoms with van der Waals surface area (Å²) < 4.78 is 0. The Bertz CT molecular complexity index is 833. The molecule has 1 amide bonds.